The number of imide groups is 1. The fraction of sp³-hybridized carbons (Fsp3) is 0.444. The number of rotatable bonds is 3. The number of carbonyl (C=O) groups excluding carboxylic acids is 3. The molecule has 136 valence electrons. The second-order valence-corrected chi connectivity index (χ2v) is 7.09. The number of hydrogen-bond donors (Lipinski definition) is 3. The van der Waals surface area contributed by atoms with E-state index < -0.39 is 17.5 Å². The smallest absolute Gasteiger partial charge is 0.324 e. The highest BCUT2D eigenvalue weighted by Gasteiger charge is 2.55. The minimum absolute atomic E-state index is 0.0659. The number of fused-ring (bicyclic) bond motifs is 1. The van der Waals surface area contributed by atoms with Gasteiger partial charge in [0.25, 0.3) is 5.91 Å². The molecular formula is C18H21N5O3. The molecule has 2 atom stereocenters. The maximum atomic E-state index is 12.9. The van der Waals surface area contributed by atoms with Crippen molar-refractivity contribution in [1.82, 2.24) is 20.2 Å². The first-order valence-corrected chi connectivity index (χ1v) is 8.88. The molecule has 1 aliphatic carbocycles. The van der Waals surface area contributed by atoms with Crippen LogP contribution in [0.5, 0.6) is 0 Å². The lowest BCUT2D eigenvalue weighted by molar-refractivity contribution is -0.136. The van der Waals surface area contributed by atoms with Crippen molar-refractivity contribution in [2.24, 2.45) is 5.92 Å². The van der Waals surface area contributed by atoms with Crippen molar-refractivity contribution in [2.45, 2.75) is 38.1 Å². The number of para-hydroxylation sites is 2. The van der Waals surface area contributed by atoms with Crippen molar-refractivity contribution < 1.29 is 14.4 Å². The molecule has 2 unspecified atom stereocenters. The van der Waals surface area contributed by atoms with Crippen molar-refractivity contribution in [3.05, 3.63) is 24.3 Å². The summed E-state index contributed by atoms with van der Waals surface area (Å²) in [5.41, 5.74) is 0.676. The Kier molecular flexibility index (Phi) is 3.90. The maximum Gasteiger partial charge on any atom is 0.325 e. The van der Waals surface area contributed by atoms with E-state index in [2.05, 4.69) is 20.6 Å². The van der Waals surface area contributed by atoms with Gasteiger partial charge in [-0.15, -0.1) is 0 Å². The number of imidazole rings is 1. The van der Waals surface area contributed by atoms with Crippen LogP contribution in [0.2, 0.25) is 0 Å². The van der Waals surface area contributed by atoms with Crippen LogP contribution in [0.3, 0.4) is 0 Å². The molecule has 8 nitrogen and oxygen atoms in total. The minimum atomic E-state index is -0.852. The number of nitrogens with zero attached hydrogens (tertiary/aromatic N) is 2. The summed E-state index contributed by atoms with van der Waals surface area (Å²) in [5.74, 6) is -0.400. The molecule has 1 saturated carbocycles. The summed E-state index contributed by atoms with van der Waals surface area (Å²) in [6.45, 7) is 1.66. The molecule has 1 aromatic heterocycles. The number of aromatic nitrogens is 2. The highest BCUT2D eigenvalue weighted by molar-refractivity contribution is 6.10. The average molecular weight is 355 g/mol. The normalized spacial score (nSPS) is 25.7. The van der Waals surface area contributed by atoms with Crippen molar-refractivity contribution in [1.29, 1.82) is 0 Å². The number of nitrogens with one attached hydrogen (secondary N) is 3. The van der Waals surface area contributed by atoms with E-state index in [4.69, 9.17) is 0 Å². The maximum absolute atomic E-state index is 12.9. The summed E-state index contributed by atoms with van der Waals surface area (Å²) in [4.78, 5) is 45.8. The van der Waals surface area contributed by atoms with Gasteiger partial charge in [-0.1, -0.05) is 31.9 Å². The Labute approximate surface area is 150 Å². The lowest BCUT2D eigenvalue weighted by Gasteiger charge is -2.36. The predicted octanol–water partition coefficient (Wildman–Crippen LogP) is 2.00. The minimum Gasteiger partial charge on any atom is -0.324 e. The van der Waals surface area contributed by atoms with Crippen molar-refractivity contribution in [3.63, 3.8) is 0 Å². The first-order chi connectivity index (χ1) is 12.5. The van der Waals surface area contributed by atoms with Crippen LogP contribution < -0.4 is 10.6 Å². The lowest BCUT2D eigenvalue weighted by Crippen LogP contribution is -2.54. The fourth-order valence-corrected chi connectivity index (χ4v) is 3.97. The molecule has 4 rings (SSSR count). The Balaban J connectivity index is 1.47. The van der Waals surface area contributed by atoms with Gasteiger partial charge in [0.1, 0.15) is 12.1 Å². The molecular weight excluding hydrogens is 334 g/mol. The standard InChI is InChI=1S/C18H21N5O3/c1-11-6-4-5-9-18(11)15(25)23(17(26)22-18)10-14(24)21-16-19-12-7-2-3-8-13(12)20-16/h2-3,7-8,11H,4-6,9-10H2,1H3,(H,22,26)(H2,19,20,21,24). The van der Waals surface area contributed by atoms with E-state index in [1.807, 2.05) is 31.2 Å². The molecule has 1 spiro atoms. The lowest BCUT2D eigenvalue weighted by atomic mass is 9.73. The molecule has 4 amide bonds. The van der Waals surface area contributed by atoms with Crippen LogP contribution in [0.25, 0.3) is 11.0 Å². The molecule has 2 heterocycles. The fourth-order valence-electron chi connectivity index (χ4n) is 3.97. The van der Waals surface area contributed by atoms with Crippen LogP contribution in [0.4, 0.5) is 10.7 Å². The molecule has 1 aliphatic heterocycles. The number of anilines is 1. The van der Waals surface area contributed by atoms with E-state index >= 15 is 0 Å². The highest BCUT2D eigenvalue weighted by Crippen LogP contribution is 2.38. The summed E-state index contributed by atoms with van der Waals surface area (Å²) in [6, 6.07) is 6.90. The van der Waals surface area contributed by atoms with Gasteiger partial charge in [0.05, 0.1) is 11.0 Å². The van der Waals surface area contributed by atoms with Gasteiger partial charge in [0.15, 0.2) is 0 Å². The molecule has 2 aromatic rings. The van der Waals surface area contributed by atoms with E-state index in [0.717, 1.165) is 35.2 Å². The molecule has 26 heavy (non-hydrogen) atoms. The zero-order valence-corrected chi connectivity index (χ0v) is 14.5. The Hall–Kier alpha value is -2.90. The van der Waals surface area contributed by atoms with Crippen molar-refractivity contribution in [2.75, 3.05) is 11.9 Å². The number of urea groups is 1. The predicted molar refractivity (Wildman–Crippen MR) is 95.3 cm³/mol. The second-order valence-electron chi connectivity index (χ2n) is 7.09. The molecule has 1 saturated heterocycles. The summed E-state index contributed by atoms with van der Waals surface area (Å²) < 4.78 is 0. The van der Waals surface area contributed by atoms with Crippen molar-refractivity contribution in [3.8, 4) is 0 Å². The van der Waals surface area contributed by atoms with Gasteiger partial charge < -0.3 is 10.3 Å². The molecule has 2 fully saturated rings. The number of benzene rings is 1. The van der Waals surface area contributed by atoms with Crippen LogP contribution in [0, 0.1) is 5.92 Å². The Bertz CT molecular complexity index is 859. The topological polar surface area (TPSA) is 107 Å². The van der Waals surface area contributed by atoms with Crippen LogP contribution in [-0.2, 0) is 9.59 Å². The molecule has 8 heteroatoms. The summed E-state index contributed by atoms with van der Waals surface area (Å²) in [7, 11) is 0. The third-order valence-corrected chi connectivity index (χ3v) is 5.45. The first-order valence-electron chi connectivity index (χ1n) is 8.88. The van der Waals surface area contributed by atoms with Gasteiger partial charge in [-0.3, -0.25) is 19.8 Å². The monoisotopic (exact) mass is 355 g/mol. The van der Waals surface area contributed by atoms with E-state index in [9.17, 15) is 14.4 Å². The number of aromatic amines is 1. The van der Waals surface area contributed by atoms with Gasteiger partial charge in [0, 0.05) is 0 Å². The van der Waals surface area contributed by atoms with E-state index in [0.29, 0.717) is 12.4 Å². The Morgan fingerprint density at radius 2 is 2.15 bits per heavy atom. The largest absolute Gasteiger partial charge is 0.325 e. The molecule has 0 bridgehead atoms. The second kappa shape index (κ2) is 6.12. The zero-order chi connectivity index (χ0) is 18.3. The number of carbonyl (C=O) groups is 3. The summed E-state index contributed by atoms with van der Waals surface area (Å²) in [5, 5.41) is 5.47. The van der Waals surface area contributed by atoms with E-state index in [1.54, 1.807) is 0 Å². The van der Waals surface area contributed by atoms with E-state index in [-0.39, 0.29) is 18.4 Å². The van der Waals surface area contributed by atoms with Gasteiger partial charge >= 0.3 is 6.03 Å². The third-order valence-electron chi connectivity index (χ3n) is 5.45. The zero-order valence-electron chi connectivity index (χ0n) is 14.5. The van der Waals surface area contributed by atoms with Crippen LogP contribution >= 0.6 is 0 Å². The van der Waals surface area contributed by atoms with Gasteiger partial charge in [0.2, 0.25) is 11.9 Å². The van der Waals surface area contributed by atoms with Crippen LogP contribution in [-0.4, -0.2) is 44.8 Å². The number of amides is 4. The molecule has 0 radical (unpaired) electrons. The number of H-pyrrole nitrogens is 1. The quantitative estimate of drug-likeness (QED) is 0.732. The highest BCUT2D eigenvalue weighted by atomic mass is 16.2. The summed E-state index contributed by atoms with van der Waals surface area (Å²) in [6.07, 6.45) is 3.47. The molecule has 3 N–H and O–H groups in total. The molecule has 2 aliphatic rings. The Morgan fingerprint density at radius 3 is 2.92 bits per heavy atom. The van der Waals surface area contributed by atoms with E-state index in [1.165, 1.54) is 0 Å². The van der Waals surface area contributed by atoms with Crippen molar-refractivity contribution >= 4 is 34.8 Å². The SMILES string of the molecule is CC1CCCCC12NC(=O)N(CC(=O)Nc1nc3ccccc3[nH]1)C2=O. The number of hydrogen-bond acceptors (Lipinski definition) is 4. The van der Waals surface area contributed by atoms with Gasteiger partial charge in [-0.2, -0.15) is 0 Å². The average Bonchev–Trinajstić information content (AvgIpc) is 3.12. The van der Waals surface area contributed by atoms with Gasteiger partial charge in [-0.05, 0) is 30.9 Å². The van der Waals surface area contributed by atoms with Gasteiger partial charge in [-0.25, -0.2) is 9.78 Å². The van der Waals surface area contributed by atoms with Crippen LogP contribution in [0.1, 0.15) is 32.6 Å². The Morgan fingerprint density at radius 1 is 1.35 bits per heavy atom. The third kappa shape index (κ3) is 2.61. The molecule has 1 aromatic carbocycles. The van der Waals surface area contributed by atoms with Crippen LogP contribution in [0.15, 0.2) is 24.3 Å². The first kappa shape index (κ1) is 16.6. The summed E-state index contributed by atoms with van der Waals surface area (Å²) >= 11 is 0.